The summed E-state index contributed by atoms with van der Waals surface area (Å²) in [5.74, 6) is -0.451. The molecule has 1 aliphatic heterocycles. The molecule has 0 bridgehead atoms. The first-order valence-corrected chi connectivity index (χ1v) is 7.60. The maximum absolute atomic E-state index is 11.3. The van der Waals surface area contributed by atoms with Crippen molar-refractivity contribution in [1.82, 2.24) is 10.6 Å². The molecule has 24 heavy (non-hydrogen) atoms. The number of aliphatic hydroxyl groups excluding tert-OH is 4. The third-order valence-electron chi connectivity index (χ3n) is 3.61. The van der Waals surface area contributed by atoms with Crippen LogP contribution in [0.3, 0.4) is 0 Å². The van der Waals surface area contributed by atoms with Gasteiger partial charge < -0.3 is 40.5 Å². The minimum atomic E-state index is -1.46. The van der Waals surface area contributed by atoms with Crippen LogP contribution < -0.4 is 10.6 Å². The van der Waals surface area contributed by atoms with Gasteiger partial charge in [-0.2, -0.15) is 0 Å². The van der Waals surface area contributed by atoms with E-state index in [1.54, 1.807) is 13.2 Å². The third-order valence-corrected chi connectivity index (χ3v) is 3.61. The van der Waals surface area contributed by atoms with Gasteiger partial charge in [-0.05, 0) is 6.92 Å². The molecule has 1 rings (SSSR count). The molecular weight excluding hydrogens is 324 g/mol. The summed E-state index contributed by atoms with van der Waals surface area (Å²) in [6.07, 6.45) is -3.80. The quantitative estimate of drug-likeness (QED) is 0.247. The second kappa shape index (κ2) is 9.99. The van der Waals surface area contributed by atoms with E-state index in [0.29, 0.717) is 0 Å². The van der Waals surface area contributed by atoms with E-state index >= 15 is 0 Å². The molecule has 1 radical (unpaired) electrons. The normalized spacial score (nSPS) is 32.8. The highest BCUT2D eigenvalue weighted by molar-refractivity contribution is 5.73. The molecule has 0 aliphatic carbocycles. The van der Waals surface area contributed by atoms with Crippen LogP contribution in [0.2, 0.25) is 0 Å². The van der Waals surface area contributed by atoms with Gasteiger partial charge >= 0.3 is 0 Å². The highest BCUT2D eigenvalue weighted by Gasteiger charge is 2.46. The Bertz CT molecular complexity index is 410. The number of carbonyl (C=O) groups excluding carboxylic acids is 2. The third kappa shape index (κ3) is 5.74. The zero-order valence-corrected chi connectivity index (χ0v) is 13.6. The SMILES string of the molecule is CC(=O)N[C@@H]1[C@@H](OC(C)CN[C@H]([C]=O)CO)[C@H](O)[C@@H](CO)O[C@@H]1O. The average molecular weight is 349 g/mol. The lowest BCUT2D eigenvalue weighted by Gasteiger charge is -2.43. The van der Waals surface area contributed by atoms with E-state index in [1.807, 2.05) is 0 Å². The highest BCUT2D eigenvalue weighted by Crippen LogP contribution is 2.23. The minimum Gasteiger partial charge on any atom is -0.394 e. The highest BCUT2D eigenvalue weighted by atomic mass is 16.6. The summed E-state index contributed by atoms with van der Waals surface area (Å²) in [4.78, 5) is 21.8. The van der Waals surface area contributed by atoms with Gasteiger partial charge in [0.15, 0.2) is 6.29 Å². The number of nitrogens with one attached hydrogen (secondary N) is 2. The van der Waals surface area contributed by atoms with Crippen LogP contribution in [0.1, 0.15) is 13.8 Å². The van der Waals surface area contributed by atoms with Crippen LogP contribution in [0.25, 0.3) is 0 Å². The molecule has 1 amide bonds. The molecule has 1 unspecified atom stereocenters. The van der Waals surface area contributed by atoms with Crippen molar-refractivity contribution in [3.8, 4) is 0 Å². The molecule has 0 aromatic heterocycles. The van der Waals surface area contributed by atoms with Crippen molar-refractivity contribution >= 4 is 12.2 Å². The zero-order chi connectivity index (χ0) is 18.3. The summed E-state index contributed by atoms with van der Waals surface area (Å²) in [7, 11) is 0. The van der Waals surface area contributed by atoms with Crippen molar-refractivity contribution < 1.29 is 39.5 Å². The lowest BCUT2D eigenvalue weighted by molar-refractivity contribution is -0.267. The molecule has 1 heterocycles. The average Bonchev–Trinajstić information content (AvgIpc) is 2.54. The topological polar surface area (TPSA) is 158 Å². The second-order valence-corrected chi connectivity index (χ2v) is 5.64. The standard InChI is InChI=1S/C14H25N2O8/c1-7(3-15-9(4-17)5-18)23-13-11(16-8(2)20)14(22)24-10(6-19)12(13)21/h7,9-15,17,19,21-22H,3-4,6H2,1-2H3,(H,16,20)/t7?,9-,10+,11+,12+,13+,14-/m0/s1. The largest absolute Gasteiger partial charge is 0.394 e. The molecule has 10 nitrogen and oxygen atoms in total. The molecule has 139 valence electrons. The van der Waals surface area contributed by atoms with Crippen molar-refractivity contribution in [3.63, 3.8) is 0 Å². The Labute approximate surface area is 139 Å². The fourth-order valence-corrected chi connectivity index (χ4v) is 2.40. The fourth-order valence-electron chi connectivity index (χ4n) is 2.40. The molecular formula is C14H25N2O8. The van der Waals surface area contributed by atoms with Crippen molar-refractivity contribution in [2.45, 2.75) is 56.6 Å². The van der Waals surface area contributed by atoms with Gasteiger partial charge in [0.05, 0.1) is 25.4 Å². The van der Waals surface area contributed by atoms with Gasteiger partial charge in [-0.15, -0.1) is 0 Å². The smallest absolute Gasteiger partial charge is 0.219 e. The molecule has 6 N–H and O–H groups in total. The van der Waals surface area contributed by atoms with Crippen LogP contribution in [0.4, 0.5) is 0 Å². The Morgan fingerprint density at radius 3 is 2.54 bits per heavy atom. The summed E-state index contributed by atoms with van der Waals surface area (Å²) >= 11 is 0. The molecule has 7 atom stereocenters. The first-order valence-electron chi connectivity index (χ1n) is 7.60. The van der Waals surface area contributed by atoms with Gasteiger partial charge in [0.2, 0.25) is 12.2 Å². The number of rotatable bonds is 9. The molecule has 0 aromatic rings. The Hall–Kier alpha value is -1.14. The van der Waals surface area contributed by atoms with Gasteiger partial charge in [0, 0.05) is 13.5 Å². The monoisotopic (exact) mass is 349 g/mol. The minimum absolute atomic E-state index is 0.150. The van der Waals surface area contributed by atoms with E-state index in [9.17, 15) is 24.9 Å². The van der Waals surface area contributed by atoms with Crippen molar-refractivity contribution in [2.75, 3.05) is 19.8 Å². The zero-order valence-electron chi connectivity index (χ0n) is 13.6. The molecule has 1 saturated heterocycles. The number of ether oxygens (including phenoxy) is 2. The summed E-state index contributed by atoms with van der Waals surface area (Å²) in [5.41, 5.74) is 0. The van der Waals surface area contributed by atoms with Crippen LogP contribution in [0.5, 0.6) is 0 Å². The number of carbonyl (C=O) groups is 1. The molecule has 0 spiro atoms. The van der Waals surface area contributed by atoms with Crippen molar-refractivity contribution in [3.05, 3.63) is 0 Å². The number of amides is 1. The van der Waals surface area contributed by atoms with Crippen LogP contribution in [0.15, 0.2) is 0 Å². The predicted molar refractivity (Wildman–Crippen MR) is 80.5 cm³/mol. The maximum atomic E-state index is 11.3. The number of hydrogen-bond acceptors (Lipinski definition) is 9. The molecule has 0 aromatic carbocycles. The molecule has 1 aliphatic rings. The fraction of sp³-hybridized carbons (Fsp3) is 0.857. The van der Waals surface area contributed by atoms with E-state index in [-0.39, 0.29) is 6.54 Å². The van der Waals surface area contributed by atoms with Crippen LogP contribution in [-0.2, 0) is 19.1 Å². The number of hydrogen-bond donors (Lipinski definition) is 6. The lowest BCUT2D eigenvalue weighted by Crippen LogP contribution is -2.65. The van der Waals surface area contributed by atoms with Crippen LogP contribution in [-0.4, -0.2) is 95.2 Å². The molecule has 1 fully saturated rings. The molecule has 10 heteroatoms. The van der Waals surface area contributed by atoms with Crippen LogP contribution in [0, 0.1) is 0 Å². The van der Waals surface area contributed by atoms with Crippen molar-refractivity contribution in [1.29, 1.82) is 0 Å². The first-order chi connectivity index (χ1) is 11.3. The Balaban J connectivity index is 2.75. The summed E-state index contributed by atoms with van der Waals surface area (Å²) in [6.45, 7) is 2.07. The van der Waals surface area contributed by atoms with E-state index in [4.69, 9.17) is 14.6 Å². The Morgan fingerprint density at radius 1 is 1.38 bits per heavy atom. The van der Waals surface area contributed by atoms with Gasteiger partial charge in [-0.1, -0.05) is 0 Å². The predicted octanol–water partition coefficient (Wildman–Crippen LogP) is -3.60. The maximum Gasteiger partial charge on any atom is 0.219 e. The van der Waals surface area contributed by atoms with E-state index in [0.717, 1.165) is 0 Å². The molecule has 0 saturated carbocycles. The van der Waals surface area contributed by atoms with Crippen molar-refractivity contribution in [2.24, 2.45) is 0 Å². The van der Waals surface area contributed by atoms with Gasteiger partial charge in [0.1, 0.15) is 24.4 Å². The van der Waals surface area contributed by atoms with Gasteiger partial charge in [-0.25, -0.2) is 0 Å². The summed E-state index contributed by atoms with van der Waals surface area (Å²) in [6, 6.07) is -1.90. The van der Waals surface area contributed by atoms with E-state index < -0.39 is 61.9 Å². The lowest BCUT2D eigenvalue weighted by atomic mass is 9.96. The Kier molecular flexibility index (Phi) is 8.70. The Morgan fingerprint density at radius 2 is 2.04 bits per heavy atom. The summed E-state index contributed by atoms with van der Waals surface area (Å²) < 4.78 is 10.7. The van der Waals surface area contributed by atoms with Gasteiger partial charge in [0.25, 0.3) is 0 Å². The number of aliphatic hydroxyl groups is 4. The van der Waals surface area contributed by atoms with Gasteiger partial charge in [-0.3, -0.25) is 9.59 Å². The van der Waals surface area contributed by atoms with E-state index in [1.165, 1.54) is 6.92 Å². The second-order valence-electron chi connectivity index (χ2n) is 5.64. The van der Waals surface area contributed by atoms with E-state index in [2.05, 4.69) is 10.6 Å². The van der Waals surface area contributed by atoms with Crippen LogP contribution >= 0.6 is 0 Å². The summed E-state index contributed by atoms with van der Waals surface area (Å²) in [5, 5.41) is 43.5. The first kappa shape index (κ1) is 20.9.